The summed E-state index contributed by atoms with van der Waals surface area (Å²) in [6.45, 7) is 6.50. The van der Waals surface area contributed by atoms with E-state index in [1.165, 1.54) is 5.01 Å². The van der Waals surface area contributed by atoms with Crippen LogP contribution in [0.2, 0.25) is 0 Å². The van der Waals surface area contributed by atoms with Gasteiger partial charge in [-0.1, -0.05) is 0 Å². The molecule has 0 heterocycles. The fourth-order valence-electron chi connectivity index (χ4n) is 1.17. The molecular formula is C10H23N3O4S. The average Bonchev–Trinajstić information content (AvgIpc) is 2.12. The third kappa shape index (κ3) is 11.6. The van der Waals surface area contributed by atoms with Crippen molar-refractivity contribution in [1.29, 1.82) is 0 Å². The first-order chi connectivity index (χ1) is 8.20. The largest absolute Gasteiger partial charge is 0.444 e. The minimum absolute atomic E-state index is 0.434. The second kappa shape index (κ2) is 8.28. The molecule has 0 aromatic rings. The lowest BCUT2D eigenvalue weighted by Crippen LogP contribution is -2.35. The highest BCUT2D eigenvalue weighted by Crippen LogP contribution is 2.06. The number of amides is 1. The van der Waals surface area contributed by atoms with Crippen LogP contribution in [0.4, 0.5) is 4.79 Å². The van der Waals surface area contributed by atoms with E-state index in [0.717, 1.165) is 12.8 Å². The molecule has 0 saturated carbocycles. The summed E-state index contributed by atoms with van der Waals surface area (Å²) in [7, 11) is -0.959. The van der Waals surface area contributed by atoms with E-state index in [0.29, 0.717) is 13.1 Å². The van der Waals surface area contributed by atoms with Crippen LogP contribution in [-0.4, -0.2) is 45.3 Å². The topological polar surface area (TPSA) is 87.7 Å². The molecule has 0 bridgehead atoms. The molecule has 0 atom stereocenters. The van der Waals surface area contributed by atoms with Crippen LogP contribution < -0.4 is 10.1 Å². The number of nitrogens with zero attached hydrogens (tertiary/aromatic N) is 1. The van der Waals surface area contributed by atoms with Gasteiger partial charge in [0.05, 0.1) is 0 Å². The van der Waals surface area contributed by atoms with Gasteiger partial charge in [-0.15, -0.1) is 0 Å². The van der Waals surface area contributed by atoms with Gasteiger partial charge >= 0.3 is 6.09 Å². The summed E-state index contributed by atoms with van der Waals surface area (Å²) < 4.78 is 25.7. The van der Waals surface area contributed by atoms with Crippen molar-refractivity contribution in [2.24, 2.45) is 0 Å². The predicted octanol–water partition coefficient (Wildman–Crippen LogP) is 0.254. The number of rotatable bonds is 7. The van der Waals surface area contributed by atoms with Gasteiger partial charge in [-0.25, -0.2) is 18.2 Å². The molecule has 0 fully saturated rings. The predicted molar refractivity (Wildman–Crippen MR) is 69.6 cm³/mol. The number of hydrogen-bond donors (Lipinski definition) is 3. The van der Waals surface area contributed by atoms with Crippen LogP contribution in [0.15, 0.2) is 0 Å². The van der Waals surface area contributed by atoms with Gasteiger partial charge in [0.2, 0.25) is 10.9 Å². The lowest BCUT2D eigenvalue weighted by molar-refractivity contribution is 0.0526. The fraction of sp³-hybridized carbons (Fsp3) is 0.900. The standard InChI is InChI=1S/C10H23N3O4S/c1-10(2,3)17-9(14)11-7-5-6-8-13(4)12-18(15)16/h18H,5-8H2,1-4H3,(H,11,14)(H,12,15,16). The Balaban J connectivity index is 3.54. The molecule has 0 radical (unpaired) electrons. The van der Waals surface area contributed by atoms with E-state index in [1.54, 1.807) is 27.8 Å². The molecule has 7 nitrogen and oxygen atoms in total. The number of hydrazine groups is 1. The van der Waals surface area contributed by atoms with E-state index in [1.807, 2.05) is 0 Å². The Hall–Kier alpha value is -0.860. The number of thiol groups is 1. The Kier molecular flexibility index (Phi) is 7.88. The highest BCUT2D eigenvalue weighted by molar-refractivity contribution is 7.70. The highest BCUT2D eigenvalue weighted by Gasteiger charge is 2.15. The summed E-state index contributed by atoms with van der Waals surface area (Å²) in [6, 6.07) is 0. The van der Waals surface area contributed by atoms with Gasteiger partial charge in [-0.3, -0.25) is 0 Å². The minimum Gasteiger partial charge on any atom is -0.444 e. The normalized spacial score (nSPS) is 11.9. The van der Waals surface area contributed by atoms with Gasteiger partial charge in [-0.2, -0.15) is 4.83 Å². The summed E-state index contributed by atoms with van der Waals surface area (Å²) in [6.07, 6.45) is 1.08. The number of ether oxygens (including phenoxy) is 1. The first kappa shape index (κ1) is 17.1. The summed E-state index contributed by atoms with van der Waals surface area (Å²) in [4.78, 5) is 13.5. The van der Waals surface area contributed by atoms with Gasteiger partial charge in [0, 0.05) is 20.1 Å². The van der Waals surface area contributed by atoms with E-state index in [-0.39, 0.29) is 0 Å². The number of alkyl carbamates (subject to hydrolysis) is 1. The zero-order chi connectivity index (χ0) is 14.2. The van der Waals surface area contributed by atoms with E-state index >= 15 is 0 Å². The molecule has 0 aliphatic rings. The average molecular weight is 281 g/mol. The molecule has 18 heavy (non-hydrogen) atoms. The number of carbonyl (C=O) groups is 1. The monoisotopic (exact) mass is 281 g/mol. The molecule has 0 aromatic carbocycles. The Morgan fingerprint density at radius 3 is 2.39 bits per heavy atom. The maximum absolute atomic E-state index is 11.3. The van der Waals surface area contributed by atoms with Crippen LogP contribution in [-0.2, 0) is 15.6 Å². The number of hydrogen-bond acceptors (Lipinski definition) is 5. The van der Waals surface area contributed by atoms with Crippen molar-refractivity contribution in [1.82, 2.24) is 15.2 Å². The van der Waals surface area contributed by atoms with E-state index < -0.39 is 22.6 Å². The molecule has 0 aromatic heterocycles. The van der Waals surface area contributed by atoms with Crippen LogP contribution in [0.25, 0.3) is 0 Å². The van der Waals surface area contributed by atoms with Crippen LogP contribution in [0, 0.1) is 0 Å². The van der Waals surface area contributed by atoms with E-state index in [9.17, 15) is 13.2 Å². The van der Waals surface area contributed by atoms with Crippen molar-refractivity contribution in [3.05, 3.63) is 0 Å². The summed E-state index contributed by atoms with van der Waals surface area (Å²) >= 11 is 0. The Morgan fingerprint density at radius 1 is 1.28 bits per heavy atom. The van der Waals surface area contributed by atoms with Gasteiger partial charge in [0.25, 0.3) is 0 Å². The number of nitrogens with one attached hydrogen (secondary N) is 2. The Labute approximate surface area is 110 Å². The van der Waals surface area contributed by atoms with Crippen molar-refractivity contribution in [2.75, 3.05) is 20.1 Å². The zero-order valence-corrected chi connectivity index (χ0v) is 12.3. The molecule has 0 spiro atoms. The highest BCUT2D eigenvalue weighted by atomic mass is 32.2. The first-order valence-electron chi connectivity index (χ1n) is 5.79. The van der Waals surface area contributed by atoms with Crippen LogP contribution in [0.5, 0.6) is 0 Å². The molecule has 0 unspecified atom stereocenters. The Bertz CT molecular complexity index is 318. The van der Waals surface area contributed by atoms with Crippen molar-refractivity contribution in [3.8, 4) is 0 Å². The number of carbonyl (C=O) groups excluding carboxylic acids is 1. The van der Waals surface area contributed by atoms with Crippen LogP contribution >= 0.6 is 0 Å². The second-order valence-electron chi connectivity index (χ2n) is 4.91. The van der Waals surface area contributed by atoms with Crippen LogP contribution in [0.3, 0.4) is 0 Å². The molecule has 0 aliphatic heterocycles. The molecule has 108 valence electrons. The maximum Gasteiger partial charge on any atom is 0.407 e. The first-order valence-corrected chi connectivity index (χ1v) is 6.97. The molecule has 2 N–H and O–H groups in total. The van der Waals surface area contributed by atoms with Gasteiger partial charge < -0.3 is 10.1 Å². The van der Waals surface area contributed by atoms with Crippen molar-refractivity contribution >= 4 is 17.0 Å². The zero-order valence-electron chi connectivity index (χ0n) is 11.4. The molecule has 1 amide bonds. The van der Waals surface area contributed by atoms with Crippen molar-refractivity contribution in [2.45, 2.75) is 39.2 Å². The van der Waals surface area contributed by atoms with Gasteiger partial charge in [0.1, 0.15) is 5.60 Å². The lowest BCUT2D eigenvalue weighted by Gasteiger charge is -2.19. The smallest absolute Gasteiger partial charge is 0.407 e. The summed E-state index contributed by atoms with van der Waals surface area (Å²) in [5.41, 5.74) is -0.492. The molecule has 0 aliphatic carbocycles. The molecule has 0 saturated heterocycles. The molecular weight excluding hydrogens is 258 g/mol. The van der Waals surface area contributed by atoms with E-state index in [4.69, 9.17) is 4.74 Å². The summed E-state index contributed by atoms with van der Waals surface area (Å²) in [5.74, 6) is 0. The third-order valence-electron chi connectivity index (χ3n) is 1.84. The number of unbranched alkanes of at least 4 members (excludes halogenated alkanes) is 1. The molecule has 0 rings (SSSR count). The Morgan fingerprint density at radius 2 is 1.89 bits per heavy atom. The van der Waals surface area contributed by atoms with Crippen molar-refractivity contribution in [3.63, 3.8) is 0 Å². The maximum atomic E-state index is 11.3. The quantitative estimate of drug-likeness (QED) is 0.354. The fourth-order valence-corrected chi connectivity index (χ4v) is 1.55. The van der Waals surface area contributed by atoms with Gasteiger partial charge in [0.15, 0.2) is 0 Å². The van der Waals surface area contributed by atoms with Gasteiger partial charge in [-0.05, 0) is 33.6 Å². The van der Waals surface area contributed by atoms with E-state index in [2.05, 4.69) is 10.1 Å². The second-order valence-corrected chi connectivity index (χ2v) is 5.63. The van der Waals surface area contributed by atoms with Crippen molar-refractivity contribution < 1.29 is 17.9 Å². The third-order valence-corrected chi connectivity index (χ3v) is 2.35. The van der Waals surface area contributed by atoms with Crippen LogP contribution in [0.1, 0.15) is 33.6 Å². The molecule has 8 heteroatoms. The summed E-state index contributed by atoms with van der Waals surface area (Å²) in [5, 5.41) is 4.12. The minimum atomic E-state index is -2.60. The SMILES string of the molecule is CN(CCCCNC(=O)OC(C)(C)C)N[SH](=O)=O. The lowest BCUT2D eigenvalue weighted by atomic mass is 10.2.